The summed E-state index contributed by atoms with van der Waals surface area (Å²) in [7, 11) is 2.91. The van der Waals surface area contributed by atoms with Gasteiger partial charge in [0.2, 0.25) is 0 Å². The van der Waals surface area contributed by atoms with Crippen LogP contribution >= 0.6 is 0 Å². The van der Waals surface area contributed by atoms with E-state index in [-0.39, 0.29) is 17.8 Å². The van der Waals surface area contributed by atoms with E-state index in [2.05, 4.69) is 15.4 Å². The van der Waals surface area contributed by atoms with Gasteiger partial charge in [0, 0.05) is 19.7 Å². The van der Waals surface area contributed by atoms with Gasteiger partial charge in [0.05, 0.1) is 16.8 Å². The highest BCUT2D eigenvalue weighted by atomic mass is 16.3. The van der Waals surface area contributed by atoms with Crippen molar-refractivity contribution in [2.75, 3.05) is 5.43 Å². The molecule has 0 unspecified atom stereocenters. The highest BCUT2D eigenvalue weighted by Gasteiger charge is 2.19. The highest BCUT2D eigenvalue weighted by Crippen LogP contribution is 2.18. The van der Waals surface area contributed by atoms with Gasteiger partial charge in [-0.2, -0.15) is 0 Å². The summed E-state index contributed by atoms with van der Waals surface area (Å²) in [5.74, 6) is 0. The zero-order valence-electron chi connectivity index (χ0n) is 15.8. The third-order valence-corrected chi connectivity index (χ3v) is 4.58. The van der Waals surface area contributed by atoms with Crippen molar-refractivity contribution >= 4 is 16.9 Å². The number of nitroso groups, excluding NO2 is 1. The van der Waals surface area contributed by atoms with Crippen LogP contribution in [0.1, 0.15) is 0 Å². The van der Waals surface area contributed by atoms with Crippen LogP contribution in [0.15, 0.2) is 64.6 Å². The molecule has 4 rings (SSSR count). The Balaban J connectivity index is 1.55. The van der Waals surface area contributed by atoms with E-state index in [1.54, 1.807) is 12.3 Å². The molecule has 0 fully saturated rings. The van der Waals surface area contributed by atoms with Crippen LogP contribution in [0.25, 0.3) is 22.4 Å². The Hall–Kier alpha value is -4.08. The number of imidazole rings is 1. The lowest BCUT2D eigenvalue weighted by Crippen LogP contribution is -2.37. The lowest BCUT2D eigenvalue weighted by Gasteiger charge is -2.04. The standard InChI is InChI=1S/C19H18N7O3/c1-23-17-16(18(27)24(2)19(23)28)25(11-21-17)12-26(29)22-14-8-9-15(20-10-14)13-6-4-3-5-7-13/h3-11H,12H2,1-2H3,(H,22,29)/q+1. The fraction of sp³-hybridized carbons (Fsp3) is 0.158. The smallest absolute Gasteiger partial charge is 0.279 e. The second kappa shape index (κ2) is 7.15. The zero-order valence-corrected chi connectivity index (χ0v) is 15.8. The van der Waals surface area contributed by atoms with E-state index in [0.29, 0.717) is 10.6 Å². The van der Waals surface area contributed by atoms with E-state index >= 15 is 0 Å². The Bertz CT molecular complexity index is 1320. The maximum Gasteiger partial charge on any atom is 0.332 e. The molecular weight excluding hydrogens is 374 g/mol. The second-order valence-corrected chi connectivity index (χ2v) is 6.52. The van der Waals surface area contributed by atoms with Gasteiger partial charge in [0.25, 0.3) is 5.56 Å². The summed E-state index contributed by atoms with van der Waals surface area (Å²) in [5.41, 5.74) is 4.35. The second-order valence-electron chi connectivity index (χ2n) is 6.52. The number of aromatic nitrogens is 5. The number of hydrogen-bond acceptors (Lipinski definition) is 5. The Morgan fingerprint density at radius 2 is 1.76 bits per heavy atom. The first kappa shape index (κ1) is 18.3. The molecule has 146 valence electrons. The number of benzene rings is 1. The van der Waals surface area contributed by atoms with Gasteiger partial charge in [0.15, 0.2) is 11.2 Å². The van der Waals surface area contributed by atoms with Crippen LogP contribution in [0.5, 0.6) is 0 Å². The maximum atomic E-state index is 12.4. The van der Waals surface area contributed by atoms with Crippen LogP contribution in [0, 0.1) is 4.91 Å². The van der Waals surface area contributed by atoms with Gasteiger partial charge in [-0.15, -0.1) is 5.43 Å². The van der Waals surface area contributed by atoms with Crippen molar-refractivity contribution in [1.29, 1.82) is 0 Å². The molecule has 10 heteroatoms. The number of hydrazine groups is 1. The third kappa shape index (κ3) is 3.31. The van der Waals surface area contributed by atoms with Crippen molar-refractivity contribution < 1.29 is 4.87 Å². The highest BCUT2D eigenvalue weighted by molar-refractivity contribution is 5.69. The molecule has 0 atom stereocenters. The molecule has 0 saturated heterocycles. The number of fused-ring (bicyclic) bond motifs is 1. The Morgan fingerprint density at radius 3 is 2.45 bits per heavy atom. The largest absolute Gasteiger partial charge is 0.332 e. The summed E-state index contributed by atoms with van der Waals surface area (Å²) >= 11 is 0. The lowest BCUT2D eigenvalue weighted by atomic mass is 10.1. The van der Waals surface area contributed by atoms with Crippen molar-refractivity contribution in [2.24, 2.45) is 14.1 Å². The normalized spacial score (nSPS) is 11.0. The molecule has 0 aliphatic rings. The molecule has 0 aliphatic carbocycles. The molecule has 1 aromatic carbocycles. The average Bonchev–Trinajstić information content (AvgIpc) is 3.15. The molecule has 29 heavy (non-hydrogen) atoms. The first-order valence-corrected chi connectivity index (χ1v) is 8.79. The summed E-state index contributed by atoms with van der Waals surface area (Å²) in [4.78, 5) is 45.8. The van der Waals surface area contributed by atoms with Crippen LogP contribution in [-0.2, 0) is 20.8 Å². The number of rotatable bonds is 5. The van der Waals surface area contributed by atoms with Gasteiger partial charge < -0.3 is 0 Å². The molecule has 10 nitrogen and oxygen atoms in total. The van der Waals surface area contributed by atoms with Crippen LogP contribution in [0.2, 0.25) is 0 Å². The van der Waals surface area contributed by atoms with Crippen LogP contribution in [0.4, 0.5) is 5.69 Å². The molecule has 1 N–H and O–H groups in total. The van der Waals surface area contributed by atoms with E-state index in [9.17, 15) is 14.5 Å². The first-order chi connectivity index (χ1) is 14.0. The molecular formula is C19H18N7O3+. The van der Waals surface area contributed by atoms with Crippen LogP contribution in [0.3, 0.4) is 0 Å². The topological polar surface area (TPSA) is 107 Å². The SMILES string of the molecule is Cn1c(=O)c2c(ncn2C[N+](=O)Nc2ccc(-c3ccccc3)nc2)n(C)c1=O. The Morgan fingerprint density at radius 1 is 1.00 bits per heavy atom. The quantitative estimate of drug-likeness (QED) is 0.405. The summed E-state index contributed by atoms with van der Waals surface area (Å²) in [6, 6.07) is 13.2. The van der Waals surface area contributed by atoms with Crippen molar-refractivity contribution in [3.8, 4) is 11.3 Å². The average molecular weight is 392 g/mol. The van der Waals surface area contributed by atoms with Gasteiger partial charge in [0.1, 0.15) is 16.9 Å². The van der Waals surface area contributed by atoms with Crippen molar-refractivity contribution in [1.82, 2.24) is 23.7 Å². The van der Waals surface area contributed by atoms with Crippen LogP contribution < -0.4 is 16.7 Å². The zero-order chi connectivity index (χ0) is 20.5. The van der Waals surface area contributed by atoms with Gasteiger partial charge in [-0.1, -0.05) is 30.3 Å². The summed E-state index contributed by atoms with van der Waals surface area (Å²) < 4.78 is 3.64. The van der Waals surface area contributed by atoms with Crippen LogP contribution in [-0.4, -0.2) is 28.5 Å². The van der Waals surface area contributed by atoms with E-state index in [4.69, 9.17) is 0 Å². The lowest BCUT2D eigenvalue weighted by molar-refractivity contribution is -0.549. The molecule has 0 aliphatic heterocycles. The molecule has 3 aromatic heterocycles. The maximum absolute atomic E-state index is 12.4. The molecule has 0 radical (unpaired) electrons. The predicted molar refractivity (Wildman–Crippen MR) is 107 cm³/mol. The summed E-state index contributed by atoms with van der Waals surface area (Å²) in [5, 5.41) is 0. The number of hydrogen-bond donors (Lipinski definition) is 1. The number of aryl methyl sites for hydroxylation is 1. The summed E-state index contributed by atoms with van der Waals surface area (Å²) in [6.07, 6.45) is 2.91. The van der Waals surface area contributed by atoms with E-state index in [1.165, 1.54) is 29.6 Å². The van der Waals surface area contributed by atoms with Crippen molar-refractivity contribution in [3.63, 3.8) is 0 Å². The predicted octanol–water partition coefficient (Wildman–Crippen LogP) is 1.26. The molecule has 0 spiro atoms. The molecule has 0 amide bonds. The van der Waals surface area contributed by atoms with Crippen molar-refractivity contribution in [3.05, 3.63) is 80.7 Å². The number of nitrogens with one attached hydrogen (secondary N) is 1. The molecule has 4 aromatic rings. The van der Waals surface area contributed by atoms with Gasteiger partial charge in [-0.3, -0.25) is 23.5 Å². The Kier molecular flexibility index (Phi) is 4.51. The van der Waals surface area contributed by atoms with Gasteiger partial charge in [-0.05, 0) is 12.1 Å². The van der Waals surface area contributed by atoms with Crippen molar-refractivity contribution in [2.45, 2.75) is 6.67 Å². The molecule has 3 heterocycles. The minimum Gasteiger partial charge on any atom is -0.279 e. The first-order valence-electron chi connectivity index (χ1n) is 8.79. The fourth-order valence-electron chi connectivity index (χ4n) is 3.06. The minimum atomic E-state index is -0.511. The monoisotopic (exact) mass is 392 g/mol. The molecule has 0 saturated carbocycles. The third-order valence-electron chi connectivity index (χ3n) is 4.58. The fourth-order valence-corrected chi connectivity index (χ4v) is 3.06. The number of pyridine rings is 1. The van der Waals surface area contributed by atoms with E-state index in [1.807, 2.05) is 36.4 Å². The number of anilines is 1. The van der Waals surface area contributed by atoms with E-state index in [0.717, 1.165) is 15.8 Å². The van der Waals surface area contributed by atoms with Gasteiger partial charge >= 0.3 is 12.4 Å². The number of nitrogens with zero attached hydrogens (tertiary/aromatic N) is 6. The summed E-state index contributed by atoms with van der Waals surface area (Å²) in [6.45, 7) is -0.204. The Labute approximate surface area is 164 Å². The minimum absolute atomic E-state index is 0.176. The van der Waals surface area contributed by atoms with Gasteiger partial charge in [-0.25, -0.2) is 9.78 Å². The molecule has 0 bridgehead atoms. The van der Waals surface area contributed by atoms with E-state index < -0.39 is 11.2 Å².